The van der Waals surface area contributed by atoms with E-state index < -0.39 is 5.60 Å². The lowest BCUT2D eigenvalue weighted by Crippen LogP contribution is -2.60. The molecule has 1 amide bonds. The molecule has 2 atom stereocenters. The first-order valence-electron chi connectivity index (χ1n) is 11.6. The minimum absolute atomic E-state index is 0.209. The van der Waals surface area contributed by atoms with Crippen LogP contribution in [-0.4, -0.2) is 78.3 Å². The largest absolute Gasteiger partial charge is 0.497 e. The Balaban J connectivity index is 1.39. The highest BCUT2D eigenvalue weighted by atomic mass is 16.5. The van der Waals surface area contributed by atoms with E-state index in [2.05, 4.69) is 26.8 Å². The number of likely N-dealkylation sites (tertiary alicyclic amines) is 2. The molecule has 6 nitrogen and oxygen atoms in total. The number of methoxy groups -OCH3 is 1. The zero-order valence-electron chi connectivity index (χ0n) is 18.6. The lowest BCUT2D eigenvalue weighted by molar-refractivity contribution is -0.134. The Morgan fingerprint density at radius 2 is 1.73 bits per heavy atom. The third kappa shape index (κ3) is 4.59. The third-order valence-electron chi connectivity index (χ3n) is 7.44. The summed E-state index contributed by atoms with van der Waals surface area (Å²) >= 11 is 0. The fourth-order valence-corrected chi connectivity index (χ4v) is 5.74. The average Bonchev–Trinajstić information content (AvgIpc) is 2.98. The molecule has 3 aliphatic heterocycles. The maximum absolute atomic E-state index is 12.2. The number of carbonyl (C=O) groups excluding carboxylic acids is 1. The smallest absolute Gasteiger partial charge is 0.219 e. The molecule has 1 N–H and O–H groups in total. The van der Waals surface area contributed by atoms with Crippen molar-refractivity contribution in [3.05, 3.63) is 24.3 Å². The maximum atomic E-state index is 12.2. The number of rotatable bonds is 4. The van der Waals surface area contributed by atoms with Crippen LogP contribution < -0.4 is 9.64 Å². The number of carbonyl (C=O) groups is 1. The van der Waals surface area contributed by atoms with E-state index in [1.165, 1.54) is 12.1 Å². The molecule has 0 bridgehead atoms. The highest BCUT2D eigenvalue weighted by Crippen LogP contribution is 2.33. The van der Waals surface area contributed by atoms with Crippen LogP contribution >= 0.6 is 0 Å². The second-order valence-corrected chi connectivity index (χ2v) is 9.37. The minimum Gasteiger partial charge on any atom is -0.497 e. The molecule has 30 heavy (non-hydrogen) atoms. The summed E-state index contributed by atoms with van der Waals surface area (Å²) in [7, 11) is 1.69. The summed E-state index contributed by atoms with van der Waals surface area (Å²) in [5, 5.41) is 11.4. The predicted octanol–water partition coefficient (Wildman–Crippen LogP) is 2.89. The van der Waals surface area contributed by atoms with Gasteiger partial charge in [-0.15, -0.1) is 0 Å². The lowest BCUT2D eigenvalue weighted by atomic mass is 9.86. The molecule has 0 aromatic heterocycles. The van der Waals surface area contributed by atoms with Crippen LogP contribution in [0.15, 0.2) is 24.3 Å². The summed E-state index contributed by atoms with van der Waals surface area (Å²) < 4.78 is 5.26. The van der Waals surface area contributed by atoms with Gasteiger partial charge < -0.3 is 19.6 Å². The van der Waals surface area contributed by atoms with Crippen molar-refractivity contribution in [1.82, 2.24) is 9.80 Å². The van der Waals surface area contributed by atoms with E-state index in [0.717, 1.165) is 77.0 Å². The van der Waals surface area contributed by atoms with E-state index in [0.29, 0.717) is 12.1 Å². The van der Waals surface area contributed by atoms with Crippen LogP contribution in [0.4, 0.5) is 5.69 Å². The van der Waals surface area contributed by atoms with Gasteiger partial charge in [-0.25, -0.2) is 0 Å². The number of nitrogens with zero attached hydrogens (tertiary/aromatic N) is 3. The first-order chi connectivity index (χ1) is 14.5. The summed E-state index contributed by atoms with van der Waals surface area (Å²) in [6.07, 6.45) is 7.19. The van der Waals surface area contributed by atoms with E-state index in [9.17, 15) is 9.90 Å². The Morgan fingerprint density at radius 1 is 1.03 bits per heavy atom. The normalized spacial score (nSPS) is 27.3. The fourth-order valence-electron chi connectivity index (χ4n) is 5.74. The van der Waals surface area contributed by atoms with E-state index >= 15 is 0 Å². The molecule has 0 saturated carbocycles. The predicted molar refractivity (Wildman–Crippen MR) is 119 cm³/mol. The quantitative estimate of drug-likeness (QED) is 0.820. The van der Waals surface area contributed by atoms with Gasteiger partial charge in [-0.1, -0.05) is 6.42 Å². The van der Waals surface area contributed by atoms with Gasteiger partial charge >= 0.3 is 0 Å². The summed E-state index contributed by atoms with van der Waals surface area (Å²) in [5.41, 5.74) is 0.551. The Labute approximate surface area is 180 Å². The van der Waals surface area contributed by atoms with E-state index in [-0.39, 0.29) is 5.91 Å². The molecule has 1 aromatic carbocycles. The van der Waals surface area contributed by atoms with Gasteiger partial charge in [0, 0.05) is 50.9 Å². The van der Waals surface area contributed by atoms with Gasteiger partial charge in [0.2, 0.25) is 5.91 Å². The number of hydrogen-bond donors (Lipinski definition) is 1. The number of benzene rings is 1. The lowest BCUT2D eigenvalue weighted by Gasteiger charge is -2.48. The number of anilines is 1. The SMILES string of the molecule is COc1ccc(N2CCC(O)(CN3CCC[C@@H]4[C@H]3CCCCN4C(C)=O)CC2)cc1. The summed E-state index contributed by atoms with van der Waals surface area (Å²) in [6, 6.07) is 8.91. The second kappa shape index (κ2) is 9.15. The fraction of sp³-hybridized carbons (Fsp3) is 0.708. The molecule has 0 aliphatic carbocycles. The molecular weight excluding hydrogens is 378 g/mol. The summed E-state index contributed by atoms with van der Waals surface area (Å²) in [5.74, 6) is 1.08. The van der Waals surface area contributed by atoms with Gasteiger partial charge in [0.05, 0.1) is 12.7 Å². The Kier molecular flexibility index (Phi) is 6.54. The molecule has 1 aromatic rings. The number of amides is 1. The molecule has 0 spiro atoms. The molecule has 3 aliphatic rings. The standard InChI is InChI=1S/C24H37N3O3/c1-19(28)27-15-4-3-6-22-23(27)7-5-14-26(22)18-24(29)12-16-25(17-13-24)20-8-10-21(30-2)11-9-20/h8-11,22-23,29H,3-7,12-18H2,1-2H3/t22-,23-/m1/s1. The molecule has 166 valence electrons. The Bertz CT molecular complexity index is 715. The van der Waals surface area contributed by atoms with Crippen molar-refractivity contribution in [3.63, 3.8) is 0 Å². The van der Waals surface area contributed by atoms with Crippen molar-refractivity contribution < 1.29 is 14.6 Å². The number of fused-ring (bicyclic) bond motifs is 1. The van der Waals surface area contributed by atoms with Crippen LogP contribution in [0.5, 0.6) is 5.75 Å². The molecule has 3 fully saturated rings. The number of piperidine rings is 2. The van der Waals surface area contributed by atoms with E-state index in [1.807, 2.05) is 12.1 Å². The van der Waals surface area contributed by atoms with Gasteiger partial charge in [0.25, 0.3) is 0 Å². The van der Waals surface area contributed by atoms with Crippen LogP contribution in [0.25, 0.3) is 0 Å². The minimum atomic E-state index is -0.641. The first-order valence-corrected chi connectivity index (χ1v) is 11.6. The van der Waals surface area contributed by atoms with Crippen LogP contribution in [0.1, 0.15) is 51.9 Å². The molecule has 4 rings (SSSR count). The van der Waals surface area contributed by atoms with Gasteiger partial charge in [-0.3, -0.25) is 9.69 Å². The number of β-amino-alcohol motifs (C(OH)–C–C–N with tert-alkyl or cyclic N) is 1. The third-order valence-corrected chi connectivity index (χ3v) is 7.44. The van der Waals surface area contributed by atoms with E-state index in [4.69, 9.17) is 4.74 Å². The molecule has 3 heterocycles. The molecular formula is C24H37N3O3. The van der Waals surface area contributed by atoms with Crippen molar-refractivity contribution in [1.29, 1.82) is 0 Å². The zero-order valence-corrected chi connectivity index (χ0v) is 18.6. The molecule has 0 unspecified atom stereocenters. The number of ether oxygens (including phenoxy) is 1. The Morgan fingerprint density at radius 3 is 2.40 bits per heavy atom. The molecule has 0 radical (unpaired) electrons. The van der Waals surface area contributed by atoms with Crippen LogP contribution in [0, 0.1) is 0 Å². The van der Waals surface area contributed by atoms with Gasteiger partial charge in [0.1, 0.15) is 5.75 Å². The average molecular weight is 416 g/mol. The number of hydrogen-bond acceptors (Lipinski definition) is 5. The van der Waals surface area contributed by atoms with Crippen molar-refractivity contribution in [2.45, 2.75) is 69.6 Å². The second-order valence-electron chi connectivity index (χ2n) is 9.37. The van der Waals surface area contributed by atoms with Crippen LogP contribution in [-0.2, 0) is 4.79 Å². The first kappa shape index (κ1) is 21.4. The van der Waals surface area contributed by atoms with Gasteiger partial charge in [-0.05, 0) is 69.3 Å². The van der Waals surface area contributed by atoms with Crippen molar-refractivity contribution in [3.8, 4) is 5.75 Å². The Hall–Kier alpha value is -1.79. The highest BCUT2D eigenvalue weighted by Gasteiger charge is 2.41. The number of aliphatic hydroxyl groups is 1. The van der Waals surface area contributed by atoms with Crippen molar-refractivity contribution in [2.24, 2.45) is 0 Å². The molecule has 6 heteroatoms. The monoisotopic (exact) mass is 415 g/mol. The van der Waals surface area contributed by atoms with Gasteiger partial charge in [-0.2, -0.15) is 0 Å². The van der Waals surface area contributed by atoms with Crippen LogP contribution in [0.3, 0.4) is 0 Å². The van der Waals surface area contributed by atoms with Gasteiger partial charge in [0.15, 0.2) is 0 Å². The van der Waals surface area contributed by atoms with Crippen LogP contribution in [0.2, 0.25) is 0 Å². The molecule has 3 saturated heterocycles. The zero-order chi connectivity index (χ0) is 21.1. The summed E-state index contributed by atoms with van der Waals surface area (Å²) in [6.45, 7) is 6.11. The topological polar surface area (TPSA) is 56.3 Å². The maximum Gasteiger partial charge on any atom is 0.219 e. The highest BCUT2D eigenvalue weighted by molar-refractivity contribution is 5.73. The summed E-state index contributed by atoms with van der Waals surface area (Å²) in [4.78, 5) is 19.2. The van der Waals surface area contributed by atoms with Crippen molar-refractivity contribution >= 4 is 11.6 Å². The van der Waals surface area contributed by atoms with Crippen molar-refractivity contribution in [2.75, 3.05) is 44.7 Å². The van der Waals surface area contributed by atoms with E-state index in [1.54, 1.807) is 14.0 Å².